The summed E-state index contributed by atoms with van der Waals surface area (Å²) in [5.41, 5.74) is 1.54. The van der Waals surface area contributed by atoms with Gasteiger partial charge in [-0.25, -0.2) is 0 Å². The summed E-state index contributed by atoms with van der Waals surface area (Å²) in [4.78, 5) is 18.7. The zero-order valence-corrected chi connectivity index (χ0v) is 17.7. The summed E-state index contributed by atoms with van der Waals surface area (Å²) < 4.78 is 5.77. The van der Waals surface area contributed by atoms with E-state index in [0.717, 1.165) is 48.7 Å². The van der Waals surface area contributed by atoms with E-state index in [4.69, 9.17) is 4.74 Å². The van der Waals surface area contributed by atoms with Gasteiger partial charge in [-0.1, -0.05) is 47.5 Å². The van der Waals surface area contributed by atoms with Crippen LogP contribution in [0.5, 0.6) is 5.88 Å². The number of para-hydroxylation sites is 1. The van der Waals surface area contributed by atoms with E-state index < -0.39 is 0 Å². The molecule has 0 radical (unpaired) electrons. The molecule has 5 nitrogen and oxygen atoms in total. The van der Waals surface area contributed by atoms with Crippen molar-refractivity contribution in [3.05, 3.63) is 29.8 Å². The molecule has 0 atom stereocenters. The Labute approximate surface area is 170 Å². The SMILES string of the molecule is CCCCN1CCC(CNC(=O)c2c(OCCBr)[nH]c3ccccc23)CC1. The monoisotopic (exact) mass is 435 g/mol. The maximum Gasteiger partial charge on any atom is 0.257 e. The molecule has 1 aromatic heterocycles. The number of hydrogen-bond donors (Lipinski definition) is 2. The van der Waals surface area contributed by atoms with Gasteiger partial charge in [0.1, 0.15) is 5.56 Å². The first-order chi connectivity index (χ1) is 13.2. The van der Waals surface area contributed by atoms with Crippen LogP contribution in [-0.2, 0) is 0 Å². The van der Waals surface area contributed by atoms with Crippen LogP contribution < -0.4 is 10.1 Å². The van der Waals surface area contributed by atoms with Crippen LogP contribution in [0, 0.1) is 5.92 Å². The molecule has 1 amide bonds. The molecule has 2 N–H and O–H groups in total. The van der Waals surface area contributed by atoms with E-state index in [-0.39, 0.29) is 5.91 Å². The highest BCUT2D eigenvalue weighted by Gasteiger charge is 2.23. The maximum absolute atomic E-state index is 12.9. The van der Waals surface area contributed by atoms with Crippen molar-refractivity contribution in [1.29, 1.82) is 0 Å². The van der Waals surface area contributed by atoms with Crippen LogP contribution >= 0.6 is 15.9 Å². The van der Waals surface area contributed by atoms with E-state index in [0.29, 0.717) is 24.0 Å². The summed E-state index contributed by atoms with van der Waals surface area (Å²) in [6.45, 7) is 6.99. The van der Waals surface area contributed by atoms with Crippen molar-refractivity contribution in [3.8, 4) is 5.88 Å². The van der Waals surface area contributed by atoms with Crippen LogP contribution in [0.1, 0.15) is 43.0 Å². The number of unbranched alkanes of at least 4 members (excludes halogenated alkanes) is 1. The summed E-state index contributed by atoms with van der Waals surface area (Å²) in [7, 11) is 0. The number of H-pyrrole nitrogens is 1. The molecule has 0 saturated carbocycles. The van der Waals surface area contributed by atoms with Crippen molar-refractivity contribution in [3.63, 3.8) is 0 Å². The van der Waals surface area contributed by atoms with Crippen LogP contribution in [0.3, 0.4) is 0 Å². The number of fused-ring (bicyclic) bond motifs is 1. The Morgan fingerprint density at radius 2 is 2.11 bits per heavy atom. The number of aromatic amines is 1. The Hall–Kier alpha value is -1.53. The van der Waals surface area contributed by atoms with Gasteiger partial charge in [-0.3, -0.25) is 4.79 Å². The van der Waals surface area contributed by atoms with Gasteiger partial charge in [0.05, 0.1) is 6.61 Å². The Morgan fingerprint density at radius 3 is 2.85 bits per heavy atom. The number of benzene rings is 1. The summed E-state index contributed by atoms with van der Waals surface area (Å²) >= 11 is 3.37. The van der Waals surface area contributed by atoms with Crippen LogP contribution in [0.4, 0.5) is 0 Å². The summed E-state index contributed by atoms with van der Waals surface area (Å²) in [5.74, 6) is 1.07. The average Bonchev–Trinajstić information content (AvgIpc) is 3.08. The molecule has 0 aliphatic carbocycles. The van der Waals surface area contributed by atoms with Gasteiger partial charge in [-0.2, -0.15) is 0 Å². The molecule has 6 heteroatoms. The second-order valence-corrected chi connectivity index (χ2v) is 8.05. The number of alkyl halides is 1. The van der Waals surface area contributed by atoms with Gasteiger partial charge < -0.3 is 19.9 Å². The number of aromatic nitrogens is 1. The number of nitrogens with zero attached hydrogens (tertiary/aromatic N) is 1. The predicted molar refractivity (Wildman–Crippen MR) is 114 cm³/mol. The Balaban J connectivity index is 1.60. The van der Waals surface area contributed by atoms with E-state index in [1.54, 1.807) is 0 Å². The first-order valence-electron chi connectivity index (χ1n) is 10.0. The van der Waals surface area contributed by atoms with Gasteiger partial charge >= 0.3 is 0 Å². The molecule has 148 valence electrons. The highest BCUT2D eigenvalue weighted by Crippen LogP contribution is 2.28. The standard InChI is InChI=1S/C21H30BrN3O2/c1-2-3-11-25-12-8-16(9-13-25)15-23-20(26)19-17-6-4-5-7-18(17)24-21(19)27-14-10-22/h4-7,16,24H,2-3,8-15H2,1H3,(H,23,26). The first kappa shape index (κ1) is 20.2. The topological polar surface area (TPSA) is 57.4 Å². The van der Waals surface area contributed by atoms with Crippen molar-refractivity contribution in [2.45, 2.75) is 32.6 Å². The highest BCUT2D eigenvalue weighted by molar-refractivity contribution is 9.09. The number of amides is 1. The molecular weight excluding hydrogens is 406 g/mol. The Morgan fingerprint density at radius 1 is 1.33 bits per heavy atom. The fraction of sp³-hybridized carbons (Fsp3) is 0.571. The predicted octanol–water partition coefficient (Wildman–Crippen LogP) is 4.18. The fourth-order valence-electron chi connectivity index (χ4n) is 3.71. The van der Waals surface area contributed by atoms with Crippen LogP contribution in [0.25, 0.3) is 10.9 Å². The number of likely N-dealkylation sites (tertiary alicyclic amines) is 1. The third-order valence-electron chi connectivity index (χ3n) is 5.31. The zero-order chi connectivity index (χ0) is 19.1. The molecule has 1 saturated heterocycles. The molecule has 2 heterocycles. The molecule has 0 unspecified atom stereocenters. The normalized spacial score (nSPS) is 15.9. The Kier molecular flexibility index (Phi) is 7.59. The minimum atomic E-state index is -0.0505. The van der Waals surface area contributed by atoms with Crippen molar-refractivity contribution in [1.82, 2.24) is 15.2 Å². The number of carbonyl (C=O) groups excluding carboxylic acids is 1. The zero-order valence-electron chi connectivity index (χ0n) is 16.1. The number of halogens is 1. The van der Waals surface area contributed by atoms with Crippen molar-refractivity contribution < 1.29 is 9.53 Å². The molecule has 1 aromatic carbocycles. The van der Waals surface area contributed by atoms with Crippen LogP contribution in [0.2, 0.25) is 0 Å². The molecule has 2 aromatic rings. The second kappa shape index (κ2) is 10.1. The lowest BCUT2D eigenvalue weighted by Gasteiger charge is -2.31. The minimum absolute atomic E-state index is 0.0505. The number of rotatable bonds is 9. The smallest absolute Gasteiger partial charge is 0.257 e. The van der Waals surface area contributed by atoms with E-state index in [9.17, 15) is 4.79 Å². The van der Waals surface area contributed by atoms with E-state index in [1.807, 2.05) is 24.3 Å². The number of ether oxygens (including phenoxy) is 1. The lowest BCUT2D eigenvalue weighted by molar-refractivity contribution is 0.0934. The lowest BCUT2D eigenvalue weighted by atomic mass is 9.96. The third kappa shape index (κ3) is 5.26. The molecular formula is C21H30BrN3O2. The summed E-state index contributed by atoms with van der Waals surface area (Å²) in [6.07, 6.45) is 4.84. The Bertz CT molecular complexity index is 738. The number of hydrogen-bond acceptors (Lipinski definition) is 3. The molecule has 3 rings (SSSR count). The quantitative estimate of drug-likeness (QED) is 0.580. The van der Waals surface area contributed by atoms with E-state index in [2.05, 4.69) is 38.1 Å². The lowest BCUT2D eigenvalue weighted by Crippen LogP contribution is -2.39. The average molecular weight is 436 g/mol. The summed E-state index contributed by atoms with van der Waals surface area (Å²) in [5, 5.41) is 4.79. The van der Waals surface area contributed by atoms with E-state index in [1.165, 1.54) is 19.4 Å². The molecule has 0 spiro atoms. The number of piperidine rings is 1. The third-order valence-corrected chi connectivity index (χ3v) is 5.63. The van der Waals surface area contributed by atoms with Gasteiger partial charge in [0.25, 0.3) is 5.91 Å². The minimum Gasteiger partial charge on any atom is -0.477 e. The first-order valence-corrected chi connectivity index (χ1v) is 11.1. The van der Waals surface area contributed by atoms with Gasteiger partial charge in [0, 0.05) is 22.8 Å². The van der Waals surface area contributed by atoms with Gasteiger partial charge in [-0.15, -0.1) is 0 Å². The van der Waals surface area contributed by atoms with E-state index >= 15 is 0 Å². The highest BCUT2D eigenvalue weighted by atomic mass is 79.9. The number of carbonyl (C=O) groups is 1. The largest absolute Gasteiger partial charge is 0.477 e. The summed E-state index contributed by atoms with van der Waals surface area (Å²) in [6, 6.07) is 7.85. The van der Waals surface area contributed by atoms with Gasteiger partial charge in [-0.05, 0) is 50.9 Å². The molecule has 1 fully saturated rings. The maximum atomic E-state index is 12.9. The van der Waals surface area contributed by atoms with Crippen molar-refractivity contribution >= 4 is 32.7 Å². The molecule has 0 bridgehead atoms. The molecule has 1 aliphatic rings. The van der Waals surface area contributed by atoms with Crippen LogP contribution in [0.15, 0.2) is 24.3 Å². The van der Waals surface area contributed by atoms with Gasteiger partial charge in [0.15, 0.2) is 0 Å². The van der Waals surface area contributed by atoms with Gasteiger partial charge in [0.2, 0.25) is 5.88 Å². The van der Waals surface area contributed by atoms with Crippen molar-refractivity contribution in [2.75, 3.05) is 38.1 Å². The number of nitrogens with one attached hydrogen (secondary N) is 2. The van der Waals surface area contributed by atoms with Crippen molar-refractivity contribution in [2.24, 2.45) is 5.92 Å². The molecule has 1 aliphatic heterocycles. The fourth-order valence-corrected chi connectivity index (χ4v) is 3.87. The van der Waals surface area contributed by atoms with Crippen LogP contribution in [-0.4, -0.2) is 53.9 Å². The molecule has 27 heavy (non-hydrogen) atoms. The second-order valence-electron chi connectivity index (χ2n) is 7.26.